The number of rotatable bonds is 3. The van der Waals surface area contributed by atoms with Gasteiger partial charge in [-0.15, -0.1) is 0 Å². The molecule has 0 radical (unpaired) electrons. The topological polar surface area (TPSA) is 52.8 Å². The van der Waals surface area contributed by atoms with Gasteiger partial charge in [0.25, 0.3) is 0 Å². The Bertz CT molecular complexity index is 531. The summed E-state index contributed by atoms with van der Waals surface area (Å²) in [5, 5.41) is 8.79. The lowest BCUT2D eigenvalue weighted by Crippen LogP contribution is -2.18. The Hall–Kier alpha value is -2.41. The summed E-state index contributed by atoms with van der Waals surface area (Å²) in [6.45, 7) is 0.669. The first-order valence-corrected chi connectivity index (χ1v) is 5.28. The van der Waals surface area contributed by atoms with E-state index in [-0.39, 0.29) is 0 Å². The maximum atomic E-state index is 8.79. The summed E-state index contributed by atoms with van der Waals surface area (Å²) in [5.74, 6) is 0.773. The Morgan fingerprint density at radius 3 is 2.82 bits per heavy atom. The molecule has 0 unspecified atom stereocenters. The normalized spacial score (nSPS) is 9.65. The van der Waals surface area contributed by atoms with Gasteiger partial charge in [-0.25, -0.2) is 4.98 Å². The number of nitriles is 1. The maximum absolute atomic E-state index is 8.79. The van der Waals surface area contributed by atoms with Crippen LogP contribution in [0.5, 0.6) is 0 Å². The minimum absolute atomic E-state index is 0.426. The van der Waals surface area contributed by atoms with Crippen LogP contribution in [0.25, 0.3) is 0 Å². The van der Waals surface area contributed by atoms with Crippen molar-refractivity contribution in [2.75, 3.05) is 11.9 Å². The SMILES string of the molecule is CN(Cc1ccccn1)c1cccc(C#N)n1. The molecule has 0 spiro atoms. The molecule has 84 valence electrons. The lowest BCUT2D eigenvalue weighted by Gasteiger charge is -2.17. The zero-order valence-corrected chi connectivity index (χ0v) is 9.54. The molecule has 4 nitrogen and oxygen atoms in total. The highest BCUT2D eigenvalue weighted by atomic mass is 15.2. The number of anilines is 1. The van der Waals surface area contributed by atoms with Gasteiger partial charge < -0.3 is 4.90 Å². The Labute approximate surface area is 100 Å². The van der Waals surface area contributed by atoms with Gasteiger partial charge in [0.1, 0.15) is 17.6 Å². The van der Waals surface area contributed by atoms with Crippen LogP contribution in [0.15, 0.2) is 42.6 Å². The fourth-order valence-corrected chi connectivity index (χ4v) is 1.51. The number of aromatic nitrogens is 2. The third kappa shape index (κ3) is 2.79. The average Bonchev–Trinajstić information content (AvgIpc) is 2.40. The van der Waals surface area contributed by atoms with E-state index < -0.39 is 0 Å². The van der Waals surface area contributed by atoms with Gasteiger partial charge in [0, 0.05) is 13.2 Å². The standard InChI is InChI=1S/C13H12N4/c1-17(10-12-5-2-3-8-15-12)13-7-4-6-11(9-14)16-13/h2-8H,10H2,1H3. The van der Waals surface area contributed by atoms with Crippen molar-refractivity contribution in [3.63, 3.8) is 0 Å². The Balaban J connectivity index is 2.15. The predicted molar refractivity (Wildman–Crippen MR) is 65.3 cm³/mol. The summed E-state index contributed by atoms with van der Waals surface area (Å²) in [6.07, 6.45) is 1.77. The van der Waals surface area contributed by atoms with Crippen LogP contribution < -0.4 is 4.90 Å². The molecule has 0 N–H and O–H groups in total. The molecule has 0 aromatic carbocycles. The van der Waals surface area contributed by atoms with Gasteiger partial charge in [-0.2, -0.15) is 5.26 Å². The van der Waals surface area contributed by atoms with E-state index in [2.05, 4.69) is 9.97 Å². The second-order valence-electron chi connectivity index (χ2n) is 3.67. The van der Waals surface area contributed by atoms with Crippen LogP contribution >= 0.6 is 0 Å². The lowest BCUT2D eigenvalue weighted by molar-refractivity contribution is 0.864. The highest BCUT2D eigenvalue weighted by Gasteiger charge is 2.04. The summed E-state index contributed by atoms with van der Waals surface area (Å²) in [6, 6.07) is 13.2. The fourth-order valence-electron chi connectivity index (χ4n) is 1.51. The van der Waals surface area contributed by atoms with Gasteiger partial charge in [0.2, 0.25) is 0 Å². The molecule has 0 atom stereocenters. The molecule has 0 bridgehead atoms. The summed E-state index contributed by atoms with van der Waals surface area (Å²) in [4.78, 5) is 10.4. The Kier molecular flexibility index (Phi) is 3.31. The summed E-state index contributed by atoms with van der Waals surface area (Å²) in [5.41, 5.74) is 1.40. The molecule has 2 rings (SSSR count). The molecule has 4 heteroatoms. The van der Waals surface area contributed by atoms with E-state index in [1.54, 1.807) is 12.3 Å². The van der Waals surface area contributed by atoms with Crippen molar-refractivity contribution in [3.8, 4) is 6.07 Å². The van der Waals surface area contributed by atoms with Crippen molar-refractivity contribution in [1.82, 2.24) is 9.97 Å². The first-order valence-electron chi connectivity index (χ1n) is 5.28. The van der Waals surface area contributed by atoms with Gasteiger partial charge in [-0.05, 0) is 24.3 Å². The second-order valence-corrected chi connectivity index (χ2v) is 3.67. The van der Waals surface area contributed by atoms with E-state index in [9.17, 15) is 0 Å². The van der Waals surface area contributed by atoms with Gasteiger partial charge in [0.15, 0.2) is 0 Å². The first-order chi connectivity index (χ1) is 8.29. The highest BCUT2D eigenvalue weighted by molar-refractivity contribution is 5.41. The molecule has 2 heterocycles. The van der Waals surface area contributed by atoms with Crippen molar-refractivity contribution >= 4 is 5.82 Å². The van der Waals surface area contributed by atoms with Crippen LogP contribution in [0.2, 0.25) is 0 Å². The quantitative estimate of drug-likeness (QED) is 0.800. The molecule has 0 saturated carbocycles. The molecule has 0 aliphatic heterocycles. The fraction of sp³-hybridized carbons (Fsp3) is 0.154. The Morgan fingerprint density at radius 1 is 1.24 bits per heavy atom. The highest BCUT2D eigenvalue weighted by Crippen LogP contribution is 2.11. The molecule has 0 amide bonds. The monoisotopic (exact) mass is 224 g/mol. The molecule has 0 aliphatic rings. The second kappa shape index (κ2) is 5.08. The van der Waals surface area contributed by atoms with E-state index in [1.807, 2.05) is 48.3 Å². The van der Waals surface area contributed by atoms with E-state index in [4.69, 9.17) is 5.26 Å². The van der Waals surface area contributed by atoms with Gasteiger partial charge in [-0.3, -0.25) is 4.98 Å². The lowest BCUT2D eigenvalue weighted by atomic mass is 10.3. The molecular weight excluding hydrogens is 212 g/mol. The zero-order valence-electron chi connectivity index (χ0n) is 9.54. The summed E-state index contributed by atoms with van der Waals surface area (Å²) >= 11 is 0. The molecule has 0 aliphatic carbocycles. The van der Waals surface area contributed by atoms with Gasteiger partial charge in [0.05, 0.1) is 12.2 Å². The van der Waals surface area contributed by atoms with E-state index in [0.29, 0.717) is 12.2 Å². The minimum Gasteiger partial charge on any atom is -0.354 e. The zero-order chi connectivity index (χ0) is 12.1. The van der Waals surface area contributed by atoms with Gasteiger partial charge in [-0.1, -0.05) is 12.1 Å². The van der Waals surface area contributed by atoms with Crippen molar-refractivity contribution in [2.45, 2.75) is 6.54 Å². The largest absolute Gasteiger partial charge is 0.354 e. The van der Waals surface area contributed by atoms with E-state index >= 15 is 0 Å². The molecule has 2 aromatic heterocycles. The molecule has 0 saturated heterocycles. The van der Waals surface area contributed by atoms with Gasteiger partial charge >= 0.3 is 0 Å². The van der Waals surface area contributed by atoms with Crippen molar-refractivity contribution < 1.29 is 0 Å². The van der Waals surface area contributed by atoms with Crippen LogP contribution in [0.4, 0.5) is 5.82 Å². The minimum atomic E-state index is 0.426. The number of hydrogen-bond donors (Lipinski definition) is 0. The maximum Gasteiger partial charge on any atom is 0.142 e. The average molecular weight is 224 g/mol. The third-order valence-electron chi connectivity index (χ3n) is 2.37. The van der Waals surface area contributed by atoms with E-state index in [0.717, 1.165) is 11.5 Å². The predicted octanol–water partition coefficient (Wildman–Crippen LogP) is 1.98. The Morgan fingerprint density at radius 2 is 2.12 bits per heavy atom. The molecule has 2 aromatic rings. The van der Waals surface area contributed by atoms with Crippen molar-refractivity contribution in [1.29, 1.82) is 5.26 Å². The number of nitrogens with zero attached hydrogens (tertiary/aromatic N) is 4. The number of hydrogen-bond acceptors (Lipinski definition) is 4. The number of pyridine rings is 2. The van der Waals surface area contributed by atoms with Crippen LogP contribution in [0.1, 0.15) is 11.4 Å². The molecule has 0 fully saturated rings. The smallest absolute Gasteiger partial charge is 0.142 e. The summed E-state index contributed by atoms with van der Waals surface area (Å²) in [7, 11) is 1.93. The summed E-state index contributed by atoms with van der Waals surface area (Å²) < 4.78 is 0. The van der Waals surface area contributed by atoms with Crippen LogP contribution in [-0.2, 0) is 6.54 Å². The van der Waals surface area contributed by atoms with Crippen LogP contribution in [0.3, 0.4) is 0 Å². The van der Waals surface area contributed by atoms with Crippen LogP contribution in [-0.4, -0.2) is 17.0 Å². The van der Waals surface area contributed by atoms with E-state index in [1.165, 1.54) is 0 Å². The molecule has 17 heavy (non-hydrogen) atoms. The third-order valence-corrected chi connectivity index (χ3v) is 2.37. The first kappa shape index (κ1) is 11.1. The van der Waals surface area contributed by atoms with Crippen molar-refractivity contribution in [3.05, 3.63) is 54.0 Å². The molecular formula is C13H12N4. The van der Waals surface area contributed by atoms with Crippen LogP contribution in [0, 0.1) is 11.3 Å². The van der Waals surface area contributed by atoms with Crippen molar-refractivity contribution in [2.24, 2.45) is 0 Å².